The minimum absolute atomic E-state index is 0.0620. The van der Waals surface area contributed by atoms with E-state index >= 15 is 0 Å². The van der Waals surface area contributed by atoms with Gasteiger partial charge < -0.3 is 14.6 Å². The van der Waals surface area contributed by atoms with Gasteiger partial charge >= 0.3 is 0 Å². The molecular weight excluding hydrogens is 405 g/mol. The standard InChI is InChI=1S/C19H23Cl2N3O2S/c1-12-13(2)24(10-16-4-3-7-26-16)19(23-12)27-11-18(25)22-9-14-5-6-15(20)8-17(14)21/h5-6,8,16H,3-4,7,9-11H2,1-2H3,(H,22,25)/t16-/m0/s1. The number of nitrogens with zero attached hydrogens (tertiary/aromatic N) is 2. The molecule has 1 amide bonds. The second-order valence-corrected chi connectivity index (χ2v) is 8.40. The van der Waals surface area contributed by atoms with E-state index in [-0.39, 0.29) is 12.0 Å². The fourth-order valence-electron chi connectivity index (χ4n) is 2.98. The van der Waals surface area contributed by atoms with E-state index in [0.717, 1.165) is 48.1 Å². The Balaban J connectivity index is 1.56. The van der Waals surface area contributed by atoms with E-state index in [1.807, 2.05) is 13.0 Å². The SMILES string of the molecule is Cc1nc(SCC(=O)NCc2ccc(Cl)cc2Cl)n(C[C@@H]2CCCO2)c1C. The van der Waals surface area contributed by atoms with Gasteiger partial charge in [-0.1, -0.05) is 41.0 Å². The minimum Gasteiger partial charge on any atom is -0.376 e. The lowest BCUT2D eigenvalue weighted by atomic mass is 10.2. The van der Waals surface area contributed by atoms with Crippen molar-refractivity contribution in [2.45, 2.75) is 51.0 Å². The molecule has 1 aliphatic heterocycles. The average molecular weight is 428 g/mol. The van der Waals surface area contributed by atoms with E-state index in [0.29, 0.717) is 22.3 Å². The lowest BCUT2D eigenvalue weighted by molar-refractivity contribution is -0.118. The molecule has 0 unspecified atom stereocenters. The number of nitrogens with one attached hydrogen (secondary N) is 1. The van der Waals surface area contributed by atoms with E-state index in [9.17, 15) is 4.79 Å². The number of halogens is 2. The topological polar surface area (TPSA) is 56.2 Å². The van der Waals surface area contributed by atoms with Gasteiger partial charge in [-0.15, -0.1) is 0 Å². The first-order chi connectivity index (χ1) is 12.9. The van der Waals surface area contributed by atoms with Crippen molar-refractivity contribution in [2.24, 2.45) is 0 Å². The van der Waals surface area contributed by atoms with Crippen molar-refractivity contribution in [3.63, 3.8) is 0 Å². The summed E-state index contributed by atoms with van der Waals surface area (Å²) in [4.78, 5) is 16.9. The summed E-state index contributed by atoms with van der Waals surface area (Å²) in [6, 6.07) is 5.25. The van der Waals surface area contributed by atoms with Crippen LogP contribution >= 0.6 is 35.0 Å². The Morgan fingerprint density at radius 1 is 1.41 bits per heavy atom. The molecular formula is C19H23Cl2N3O2S. The van der Waals surface area contributed by atoms with Crippen LogP contribution < -0.4 is 5.32 Å². The van der Waals surface area contributed by atoms with Crippen molar-refractivity contribution in [1.82, 2.24) is 14.9 Å². The van der Waals surface area contributed by atoms with Gasteiger partial charge in [0.1, 0.15) is 0 Å². The molecule has 0 saturated carbocycles. The molecule has 146 valence electrons. The van der Waals surface area contributed by atoms with Crippen molar-refractivity contribution >= 4 is 40.9 Å². The lowest BCUT2D eigenvalue weighted by Crippen LogP contribution is -2.25. The third-order valence-electron chi connectivity index (χ3n) is 4.66. The Morgan fingerprint density at radius 2 is 2.22 bits per heavy atom. The molecule has 0 radical (unpaired) electrons. The first-order valence-corrected chi connectivity index (χ1v) is 10.7. The average Bonchev–Trinajstić information content (AvgIpc) is 3.23. The number of thioether (sulfide) groups is 1. The van der Waals surface area contributed by atoms with Crippen molar-refractivity contribution in [3.8, 4) is 0 Å². The Morgan fingerprint density at radius 3 is 2.93 bits per heavy atom. The predicted molar refractivity (Wildman–Crippen MR) is 110 cm³/mol. The highest BCUT2D eigenvalue weighted by Gasteiger charge is 2.20. The summed E-state index contributed by atoms with van der Waals surface area (Å²) in [5.74, 6) is 0.236. The van der Waals surface area contributed by atoms with Crippen LogP contribution in [-0.4, -0.2) is 33.9 Å². The normalized spacial score (nSPS) is 16.7. The van der Waals surface area contributed by atoms with Gasteiger partial charge in [0.15, 0.2) is 5.16 Å². The Kier molecular flexibility index (Phi) is 7.09. The van der Waals surface area contributed by atoms with Gasteiger partial charge in [-0.25, -0.2) is 4.98 Å². The maximum atomic E-state index is 12.3. The van der Waals surface area contributed by atoms with Crippen molar-refractivity contribution in [3.05, 3.63) is 45.2 Å². The van der Waals surface area contributed by atoms with Crippen LogP contribution in [0.1, 0.15) is 29.8 Å². The van der Waals surface area contributed by atoms with Crippen LogP contribution in [0.5, 0.6) is 0 Å². The van der Waals surface area contributed by atoms with Gasteiger partial charge in [-0.05, 0) is 44.4 Å². The van der Waals surface area contributed by atoms with Crippen LogP contribution in [-0.2, 0) is 22.6 Å². The Labute approximate surface area is 173 Å². The molecule has 2 aromatic rings. The summed E-state index contributed by atoms with van der Waals surface area (Å²) < 4.78 is 7.92. The minimum atomic E-state index is -0.0620. The summed E-state index contributed by atoms with van der Waals surface area (Å²) in [7, 11) is 0. The number of carbonyl (C=O) groups is 1. The molecule has 2 heterocycles. The number of amides is 1. The highest BCUT2D eigenvalue weighted by molar-refractivity contribution is 7.99. The van der Waals surface area contributed by atoms with Gasteiger partial charge in [0.05, 0.1) is 24.1 Å². The molecule has 1 fully saturated rings. The fraction of sp³-hybridized carbons (Fsp3) is 0.474. The van der Waals surface area contributed by atoms with E-state index in [1.165, 1.54) is 11.8 Å². The lowest BCUT2D eigenvalue weighted by Gasteiger charge is -2.14. The third-order valence-corrected chi connectivity index (χ3v) is 6.22. The predicted octanol–water partition coefficient (Wildman–Crippen LogP) is 4.39. The molecule has 0 aliphatic carbocycles. The molecule has 3 rings (SSSR count). The van der Waals surface area contributed by atoms with Crippen LogP contribution in [0.3, 0.4) is 0 Å². The largest absolute Gasteiger partial charge is 0.376 e. The number of hydrogen-bond acceptors (Lipinski definition) is 4. The van der Waals surface area contributed by atoms with Gasteiger partial charge in [0.2, 0.25) is 5.91 Å². The zero-order valence-corrected chi connectivity index (χ0v) is 17.8. The van der Waals surface area contributed by atoms with E-state index in [1.54, 1.807) is 12.1 Å². The second kappa shape index (κ2) is 9.32. The van der Waals surface area contributed by atoms with Gasteiger partial charge in [0, 0.05) is 28.9 Å². The highest BCUT2D eigenvalue weighted by atomic mass is 35.5. The number of aryl methyl sites for hydroxylation is 1. The molecule has 0 bridgehead atoms. The number of aromatic nitrogens is 2. The van der Waals surface area contributed by atoms with E-state index in [2.05, 4.69) is 21.8 Å². The van der Waals surface area contributed by atoms with Gasteiger partial charge in [0.25, 0.3) is 0 Å². The van der Waals surface area contributed by atoms with Crippen molar-refractivity contribution < 1.29 is 9.53 Å². The van der Waals surface area contributed by atoms with Crippen LogP contribution in [0, 0.1) is 13.8 Å². The number of rotatable bonds is 7. The molecule has 1 aromatic carbocycles. The van der Waals surface area contributed by atoms with Crippen LogP contribution in [0.25, 0.3) is 0 Å². The zero-order valence-electron chi connectivity index (χ0n) is 15.4. The first kappa shape index (κ1) is 20.5. The zero-order chi connectivity index (χ0) is 19.4. The molecule has 1 atom stereocenters. The third kappa shape index (κ3) is 5.41. The maximum absolute atomic E-state index is 12.3. The quantitative estimate of drug-likeness (QED) is 0.665. The second-order valence-electron chi connectivity index (χ2n) is 6.61. The Hall–Kier alpha value is -1.21. The summed E-state index contributed by atoms with van der Waals surface area (Å²) in [6.07, 6.45) is 2.41. The smallest absolute Gasteiger partial charge is 0.230 e. The number of ether oxygens (including phenoxy) is 1. The molecule has 1 aliphatic rings. The Bertz CT molecular complexity index is 820. The molecule has 27 heavy (non-hydrogen) atoms. The van der Waals surface area contributed by atoms with Gasteiger partial charge in [-0.2, -0.15) is 0 Å². The maximum Gasteiger partial charge on any atom is 0.230 e. The monoisotopic (exact) mass is 427 g/mol. The molecule has 1 N–H and O–H groups in total. The van der Waals surface area contributed by atoms with Crippen molar-refractivity contribution in [2.75, 3.05) is 12.4 Å². The molecule has 8 heteroatoms. The summed E-state index contributed by atoms with van der Waals surface area (Å²) in [6.45, 7) is 6.04. The summed E-state index contributed by atoms with van der Waals surface area (Å²) in [5, 5.41) is 4.88. The summed E-state index contributed by atoms with van der Waals surface area (Å²) >= 11 is 13.5. The van der Waals surface area contributed by atoms with Crippen LogP contribution in [0.2, 0.25) is 10.0 Å². The number of hydrogen-bond donors (Lipinski definition) is 1. The summed E-state index contributed by atoms with van der Waals surface area (Å²) in [5.41, 5.74) is 2.95. The molecule has 5 nitrogen and oxygen atoms in total. The van der Waals surface area contributed by atoms with Crippen LogP contribution in [0.15, 0.2) is 23.4 Å². The van der Waals surface area contributed by atoms with Crippen molar-refractivity contribution in [1.29, 1.82) is 0 Å². The van der Waals surface area contributed by atoms with E-state index < -0.39 is 0 Å². The molecule has 1 saturated heterocycles. The number of carbonyl (C=O) groups excluding carboxylic acids is 1. The first-order valence-electron chi connectivity index (χ1n) is 8.93. The van der Waals surface area contributed by atoms with E-state index in [4.69, 9.17) is 27.9 Å². The highest BCUT2D eigenvalue weighted by Crippen LogP contribution is 2.24. The van der Waals surface area contributed by atoms with Gasteiger partial charge in [-0.3, -0.25) is 4.79 Å². The number of benzene rings is 1. The fourth-order valence-corrected chi connectivity index (χ4v) is 4.39. The number of imidazole rings is 1. The molecule has 0 spiro atoms. The van der Waals surface area contributed by atoms with Crippen LogP contribution in [0.4, 0.5) is 0 Å². The molecule has 1 aromatic heterocycles.